The lowest BCUT2D eigenvalue weighted by atomic mass is 10.1. The van der Waals surface area contributed by atoms with Gasteiger partial charge in [-0.3, -0.25) is 4.79 Å². The third-order valence-electron chi connectivity index (χ3n) is 4.70. The van der Waals surface area contributed by atoms with Gasteiger partial charge in [-0.1, -0.05) is 54.1 Å². The molecule has 0 aliphatic rings. The molecule has 0 aromatic heterocycles. The van der Waals surface area contributed by atoms with E-state index in [2.05, 4.69) is 10.0 Å². The molecule has 3 aromatic rings. The fourth-order valence-corrected chi connectivity index (χ4v) is 4.06. The zero-order valence-corrected chi connectivity index (χ0v) is 17.5. The van der Waals surface area contributed by atoms with Gasteiger partial charge in [-0.2, -0.15) is 0 Å². The Hall–Kier alpha value is -2.96. The molecule has 0 unspecified atom stereocenters. The minimum Gasteiger partial charge on any atom is -0.322 e. The molecule has 0 heterocycles. The molecular formula is C23H24N2O3S. The smallest absolute Gasteiger partial charge is 0.255 e. The molecule has 0 atom stereocenters. The summed E-state index contributed by atoms with van der Waals surface area (Å²) in [4.78, 5) is 12.9. The minimum atomic E-state index is -3.75. The molecular weight excluding hydrogens is 384 g/mol. The van der Waals surface area contributed by atoms with Gasteiger partial charge in [-0.15, -0.1) is 0 Å². The Balaban J connectivity index is 1.82. The molecule has 0 bridgehead atoms. The number of amides is 1. The highest BCUT2D eigenvalue weighted by molar-refractivity contribution is 7.89. The number of rotatable bonds is 6. The van der Waals surface area contributed by atoms with E-state index >= 15 is 0 Å². The van der Waals surface area contributed by atoms with E-state index in [9.17, 15) is 13.2 Å². The van der Waals surface area contributed by atoms with E-state index in [1.54, 1.807) is 13.0 Å². The van der Waals surface area contributed by atoms with Gasteiger partial charge in [0.15, 0.2) is 0 Å². The highest BCUT2D eigenvalue weighted by atomic mass is 32.2. The number of carbonyl (C=O) groups is 1. The van der Waals surface area contributed by atoms with Crippen LogP contribution in [0.5, 0.6) is 0 Å². The van der Waals surface area contributed by atoms with Gasteiger partial charge in [0, 0.05) is 17.8 Å². The van der Waals surface area contributed by atoms with Crippen molar-refractivity contribution in [2.45, 2.75) is 32.2 Å². The zero-order valence-electron chi connectivity index (χ0n) is 16.7. The topological polar surface area (TPSA) is 75.3 Å². The molecule has 0 saturated carbocycles. The Morgan fingerprint density at radius 2 is 1.59 bits per heavy atom. The summed E-state index contributed by atoms with van der Waals surface area (Å²) in [6.07, 6.45) is 0. The first-order chi connectivity index (χ1) is 13.8. The van der Waals surface area contributed by atoms with Gasteiger partial charge < -0.3 is 5.32 Å². The van der Waals surface area contributed by atoms with E-state index in [1.165, 1.54) is 12.1 Å². The molecule has 0 aliphatic carbocycles. The first-order valence-corrected chi connectivity index (χ1v) is 10.8. The summed E-state index contributed by atoms with van der Waals surface area (Å²) in [6.45, 7) is 5.87. The highest BCUT2D eigenvalue weighted by Gasteiger charge is 2.18. The van der Waals surface area contributed by atoms with Crippen molar-refractivity contribution in [3.05, 3.63) is 94.5 Å². The van der Waals surface area contributed by atoms with Crippen molar-refractivity contribution in [1.82, 2.24) is 4.72 Å². The Kier molecular flexibility index (Phi) is 6.15. The average Bonchev–Trinajstić information content (AvgIpc) is 2.69. The van der Waals surface area contributed by atoms with Crippen LogP contribution in [0, 0.1) is 20.8 Å². The summed E-state index contributed by atoms with van der Waals surface area (Å²) in [5, 5.41) is 2.88. The first kappa shape index (κ1) is 20.8. The Morgan fingerprint density at radius 3 is 2.28 bits per heavy atom. The maximum atomic E-state index is 12.8. The summed E-state index contributed by atoms with van der Waals surface area (Å²) >= 11 is 0. The number of carbonyl (C=O) groups excluding carboxylic acids is 1. The fourth-order valence-electron chi connectivity index (χ4n) is 3.01. The number of sulfonamides is 1. The molecule has 6 heteroatoms. The molecule has 0 saturated heterocycles. The lowest BCUT2D eigenvalue weighted by molar-refractivity contribution is 0.102. The van der Waals surface area contributed by atoms with Gasteiger partial charge in [0.05, 0.1) is 4.90 Å². The molecule has 150 valence electrons. The van der Waals surface area contributed by atoms with Crippen LogP contribution in [0.25, 0.3) is 0 Å². The maximum Gasteiger partial charge on any atom is 0.255 e. The Morgan fingerprint density at radius 1 is 0.862 bits per heavy atom. The summed E-state index contributed by atoms with van der Waals surface area (Å²) in [6, 6.07) is 19.6. The van der Waals surface area contributed by atoms with Crippen LogP contribution in [0.3, 0.4) is 0 Å². The lowest BCUT2D eigenvalue weighted by Gasteiger charge is -2.13. The van der Waals surface area contributed by atoms with E-state index in [-0.39, 0.29) is 17.3 Å². The van der Waals surface area contributed by atoms with Gasteiger partial charge in [0.2, 0.25) is 10.0 Å². The van der Waals surface area contributed by atoms with Gasteiger partial charge in [-0.25, -0.2) is 13.1 Å². The van der Waals surface area contributed by atoms with E-state index < -0.39 is 10.0 Å². The van der Waals surface area contributed by atoms with Crippen LogP contribution in [-0.4, -0.2) is 14.3 Å². The highest BCUT2D eigenvalue weighted by Crippen LogP contribution is 2.20. The number of hydrogen-bond donors (Lipinski definition) is 2. The lowest BCUT2D eigenvalue weighted by Crippen LogP contribution is -2.24. The number of benzene rings is 3. The van der Waals surface area contributed by atoms with Crippen molar-refractivity contribution in [1.29, 1.82) is 0 Å². The third-order valence-corrected chi connectivity index (χ3v) is 6.10. The van der Waals surface area contributed by atoms with E-state index in [1.807, 2.05) is 62.4 Å². The van der Waals surface area contributed by atoms with Gasteiger partial charge in [0.25, 0.3) is 5.91 Å². The van der Waals surface area contributed by atoms with Crippen molar-refractivity contribution in [2.75, 3.05) is 5.32 Å². The Labute approximate surface area is 171 Å². The van der Waals surface area contributed by atoms with Crippen LogP contribution in [0.1, 0.15) is 32.6 Å². The van der Waals surface area contributed by atoms with Crippen LogP contribution >= 0.6 is 0 Å². The quantitative estimate of drug-likeness (QED) is 0.637. The molecule has 0 radical (unpaired) electrons. The van der Waals surface area contributed by atoms with Crippen molar-refractivity contribution < 1.29 is 13.2 Å². The average molecular weight is 409 g/mol. The summed E-state index contributed by atoms with van der Waals surface area (Å²) < 4.78 is 28.0. The second-order valence-corrected chi connectivity index (χ2v) is 8.83. The molecule has 0 fully saturated rings. The molecule has 3 rings (SSSR count). The molecule has 5 nitrogen and oxygen atoms in total. The Bertz CT molecular complexity index is 1140. The molecule has 29 heavy (non-hydrogen) atoms. The van der Waals surface area contributed by atoms with Crippen LogP contribution in [0.4, 0.5) is 5.69 Å². The van der Waals surface area contributed by atoms with Crippen molar-refractivity contribution in [3.63, 3.8) is 0 Å². The first-order valence-electron chi connectivity index (χ1n) is 9.29. The van der Waals surface area contributed by atoms with Crippen LogP contribution in [0.15, 0.2) is 71.6 Å². The minimum absolute atomic E-state index is 0.0600. The normalized spacial score (nSPS) is 11.3. The van der Waals surface area contributed by atoms with Gasteiger partial charge >= 0.3 is 0 Å². The van der Waals surface area contributed by atoms with Crippen LogP contribution in [0.2, 0.25) is 0 Å². The van der Waals surface area contributed by atoms with Crippen molar-refractivity contribution in [2.24, 2.45) is 0 Å². The van der Waals surface area contributed by atoms with E-state index in [0.29, 0.717) is 16.8 Å². The molecule has 1 amide bonds. The van der Waals surface area contributed by atoms with Gasteiger partial charge in [0.1, 0.15) is 0 Å². The zero-order chi connectivity index (χ0) is 21.0. The number of hydrogen-bond acceptors (Lipinski definition) is 3. The van der Waals surface area contributed by atoms with E-state index in [4.69, 9.17) is 0 Å². The second-order valence-electron chi connectivity index (χ2n) is 7.06. The van der Waals surface area contributed by atoms with Crippen molar-refractivity contribution in [3.8, 4) is 0 Å². The summed E-state index contributed by atoms with van der Waals surface area (Å²) in [5.41, 5.74) is 4.65. The van der Waals surface area contributed by atoms with Crippen LogP contribution < -0.4 is 10.0 Å². The standard InChI is InChI=1S/C23H24N2O3S/c1-16-9-12-22(18(3)13-16)25-23(26)21-14-20(11-10-17(21)2)29(27,28)24-15-19-7-5-4-6-8-19/h4-14,24H,15H2,1-3H3,(H,25,26). The number of aryl methyl sites for hydroxylation is 3. The predicted molar refractivity (Wildman–Crippen MR) is 116 cm³/mol. The monoisotopic (exact) mass is 408 g/mol. The fraction of sp³-hybridized carbons (Fsp3) is 0.174. The van der Waals surface area contributed by atoms with Crippen molar-refractivity contribution >= 4 is 21.6 Å². The van der Waals surface area contributed by atoms with E-state index in [0.717, 1.165) is 16.7 Å². The molecule has 2 N–H and O–H groups in total. The molecule has 0 spiro atoms. The van der Waals surface area contributed by atoms with Gasteiger partial charge in [-0.05, 0) is 55.7 Å². The maximum absolute atomic E-state index is 12.8. The number of anilines is 1. The second kappa shape index (κ2) is 8.59. The summed E-state index contributed by atoms with van der Waals surface area (Å²) in [7, 11) is -3.75. The number of nitrogens with one attached hydrogen (secondary N) is 2. The third kappa shape index (κ3) is 5.10. The summed E-state index contributed by atoms with van der Waals surface area (Å²) in [5.74, 6) is -0.338. The van der Waals surface area contributed by atoms with Crippen LogP contribution in [-0.2, 0) is 16.6 Å². The molecule has 0 aliphatic heterocycles. The molecule has 3 aromatic carbocycles. The largest absolute Gasteiger partial charge is 0.322 e. The predicted octanol–water partition coefficient (Wildman–Crippen LogP) is 4.34. The SMILES string of the molecule is Cc1ccc(NC(=O)c2cc(S(=O)(=O)NCc3ccccc3)ccc2C)c(C)c1.